The van der Waals surface area contributed by atoms with Crippen molar-refractivity contribution in [3.8, 4) is 5.75 Å². The topological polar surface area (TPSA) is 21.3 Å². The number of benzene rings is 2. The molecule has 0 bridgehead atoms. The van der Waals surface area contributed by atoms with E-state index in [9.17, 15) is 0 Å². The predicted molar refractivity (Wildman–Crippen MR) is 110 cm³/mol. The van der Waals surface area contributed by atoms with E-state index in [1.165, 1.54) is 5.56 Å². The standard InChI is InChI=1S/C22H23Cl2NO/c1-13(2)12-26-15-8-6-14(7-9-15)21-17-5-3-4-16(17)20-18(23)10-11-19(24)22(20)25-21/h3-4,6-11,13,16-17,21,25H,5,12H2,1-2H3/t16-,17+,21+/m1/s1. The van der Waals surface area contributed by atoms with E-state index in [0.717, 1.165) is 40.1 Å². The van der Waals surface area contributed by atoms with Gasteiger partial charge in [-0.15, -0.1) is 0 Å². The van der Waals surface area contributed by atoms with Crippen molar-refractivity contribution in [1.82, 2.24) is 0 Å². The van der Waals surface area contributed by atoms with Gasteiger partial charge in [0.25, 0.3) is 0 Å². The molecule has 26 heavy (non-hydrogen) atoms. The molecule has 0 unspecified atom stereocenters. The van der Waals surface area contributed by atoms with E-state index >= 15 is 0 Å². The number of halogens is 2. The molecule has 2 aromatic rings. The van der Waals surface area contributed by atoms with E-state index in [4.69, 9.17) is 27.9 Å². The molecule has 1 aliphatic carbocycles. The average Bonchev–Trinajstić information content (AvgIpc) is 3.12. The van der Waals surface area contributed by atoms with Crippen LogP contribution in [0, 0.1) is 11.8 Å². The lowest BCUT2D eigenvalue weighted by Crippen LogP contribution is -2.29. The first kappa shape index (κ1) is 17.8. The summed E-state index contributed by atoms with van der Waals surface area (Å²) < 4.78 is 5.82. The second-order valence-corrected chi connectivity index (χ2v) is 8.38. The molecule has 3 atom stereocenters. The summed E-state index contributed by atoms with van der Waals surface area (Å²) in [4.78, 5) is 0. The van der Waals surface area contributed by atoms with Crippen molar-refractivity contribution < 1.29 is 4.74 Å². The lowest BCUT2D eigenvalue weighted by atomic mass is 9.77. The monoisotopic (exact) mass is 387 g/mol. The van der Waals surface area contributed by atoms with E-state index < -0.39 is 0 Å². The van der Waals surface area contributed by atoms with Crippen LogP contribution in [0.5, 0.6) is 5.75 Å². The molecule has 1 heterocycles. The Kier molecular flexibility index (Phi) is 4.90. The highest BCUT2D eigenvalue weighted by Crippen LogP contribution is 2.53. The van der Waals surface area contributed by atoms with Gasteiger partial charge in [0, 0.05) is 16.5 Å². The summed E-state index contributed by atoms with van der Waals surface area (Å²) in [7, 11) is 0. The molecule has 4 heteroatoms. The Hall–Kier alpha value is -1.64. The van der Waals surface area contributed by atoms with Gasteiger partial charge in [0.05, 0.1) is 23.4 Å². The molecule has 1 aliphatic heterocycles. The third-order valence-corrected chi connectivity index (χ3v) is 5.88. The Bertz CT molecular complexity index is 829. The van der Waals surface area contributed by atoms with Crippen LogP contribution in [-0.2, 0) is 0 Å². The number of hydrogen-bond acceptors (Lipinski definition) is 2. The Labute approximate surface area is 165 Å². The van der Waals surface area contributed by atoms with Crippen molar-refractivity contribution in [3.05, 3.63) is 69.7 Å². The van der Waals surface area contributed by atoms with Crippen LogP contribution >= 0.6 is 23.2 Å². The van der Waals surface area contributed by atoms with Crippen molar-refractivity contribution >= 4 is 28.9 Å². The van der Waals surface area contributed by atoms with Crippen LogP contribution in [0.2, 0.25) is 10.0 Å². The van der Waals surface area contributed by atoms with Crippen LogP contribution in [0.25, 0.3) is 0 Å². The largest absolute Gasteiger partial charge is 0.493 e. The molecular formula is C22H23Cl2NO. The first-order valence-corrected chi connectivity index (χ1v) is 9.94. The normalized spacial score (nSPS) is 23.5. The number of allylic oxidation sites excluding steroid dienone is 2. The third-order valence-electron chi connectivity index (χ3n) is 5.24. The summed E-state index contributed by atoms with van der Waals surface area (Å²) in [5.41, 5.74) is 3.35. The molecule has 0 spiro atoms. The number of fused-ring (bicyclic) bond motifs is 3. The molecule has 0 saturated heterocycles. The van der Waals surface area contributed by atoms with Gasteiger partial charge in [0.2, 0.25) is 0 Å². The minimum absolute atomic E-state index is 0.206. The minimum Gasteiger partial charge on any atom is -0.493 e. The second kappa shape index (κ2) is 7.17. The van der Waals surface area contributed by atoms with Crippen molar-refractivity contribution in [1.29, 1.82) is 0 Å². The molecule has 1 N–H and O–H groups in total. The van der Waals surface area contributed by atoms with Crippen LogP contribution in [0.4, 0.5) is 5.69 Å². The Balaban J connectivity index is 1.64. The zero-order chi connectivity index (χ0) is 18.3. The van der Waals surface area contributed by atoms with Crippen molar-refractivity contribution in [2.24, 2.45) is 11.8 Å². The Morgan fingerprint density at radius 1 is 1.08 bits per heavy atom. The molecule has 0 amide bonds. The van der Waals surface area contributed by atoms with Crippen molar-refractivity contribution in [2.75, 3.05) is 11.9 Å². The summed E-state index contributed by atoms with van der Waals surface area (Å²) >= 11 is 13.0. The molecular weight excluding hydrogens is 365 g/mol. The maximum absolute atomic E-state index is 6.51. The number of hydrogen-bond donors (Lipinski definition) is 1. The van der Waals surface area contributed by atoms with E-state index in [2.05, 4.69) is 55.6 Å². The Morgan fingerprint density at radius 2 is 1.81 bits per heavy atom. The van der Waals surface area contributed by atoms with E-state index in [1.807, 2.05) is 12.1 Å². The van der Waals surface area contributed by atoms with Gasteiger partial charge < -0.3 is 10.1 Å². The third kappa shape index (κ3) is 3.21. The maximum atomic E-state index is 6.51. The smallest absolute Gasteiger partial charge is 0.119 e. The number of nitrogens with one attached hydrogen (secondary N) is 1. The average molecular weight is 388 g/mol. The predicted octanol–water partition coefficient (Wildman–Crippen LogP) is 6.85. The number of rotatable bonds is 4. The van der Waals surface area contributed by atoms with Crippen LogP contribution < -0.4 is 10.1 Å². The molecule has 2 aliphatic rings. The fourth-order valence-electron chi connectivity index (χ4n) is 3.99. The Morgan fingerprint density at radius 3 is 2.54 bits per heavy atom. The lowest BCUT2D eigenvalue weighted by Gasteiger charge is -2.38. The van der Waals surface area contributed by atoms with E-state index in [1.54, 1.807) is 0 Å². The van der Waals surface area contributed by atoms with Gasteiger partial charge in [0.15, 0.2) is 0 Å². The summed E-state index contributed by atoms with van der Waals surface area (Å²) in [6.45, 7) is 5.04. The van der Waals surface area contributed by atoms with Gasteiger partial charge in [-0.05, 0) is 48.1 Å². The quantitative estimate of drug-likeness (QED) is 0.578. The second-order valence-electron chi connectivity index (χ2n) is 7.57. The van der Waals surface area contributed by atoms with Crippen LogP contribution in [-0.4, -0.2) is 6.61 Å². The number of anilines is 1. The summed E-state index contributed by atoms with van der Waals surface area (Å²) in [5, 5.41) is 5.18. The van der Waals surface area contributed by atoms with Gasteiger partial charge in [0.1, 0.15) is 5.75 Å². The van der Waals surface area contributed by atoms with Crippen LogP contribution in [0.3, 0.4) is 0 Å². The van der Waals surface area contributed by atoms with Crippen molar-refractivity contribution in [2.45, 2.75) is 32.2 Å². The zero-order valence-corrected chi connectivity index (χ0v) is 16.5. The highest BCUT2D eigenvalue weighted by atomic mass is 35.5. The molecule has 136 valence electrons. The van der Waals surface area contributed by atoms with E-state index in [-0.39, 0.29) is 6.04 Å². The molecule has 0 saturated carbocycles. The summed E-state index contributed by atoms with van der Waals surface area (Å²) in [6.07, 6.45) is 5.58. The molecule has 0 radical (unpaired) electrons. The van der Waals surface area contributed by atoms with E-state index in [0.29, 0.717) is 17.8 Å². The van der Waals surface area contributed by atoms with Gasteiger partial charge in [-0.2, -0.15) is 0 Å². The summed E-state index contributed by atoms with van der Waals surface area (Å²) in [6, 6.07) is 12.4. The van der Waals surface area contributed by atoms with Gasteiger partial charge >= 0.3 is 0 Å². The molecule has 4 rings (SSSR count). The van der Waals surface area contributed by atoms with Crippen LogP contribution in [0.15, 0.2) is 48.6 Å². The summed E-state index contributed by atoms with van der Waals surface area (Å²) in [5.74, 6) is 2.18. The van der Waals surface area contributed by atoms with Gasteiger partial charge in [-0.1, -0.05) is 61.3 Å². The fourth-order valence-corrected chi connectivity index (χ4v) is 4.50. The van der Waals surface area contributed by atoms with Gasteiger partial charge in [-0.25, -0.2) is 0 Å². The first-order chi connectivity index (χ1) is 12.5. The van der Waals surface area contributed by atoms with Crippen molar-refractivity contribution in [3.63, 3.8) is 0 Å². The molecule has 0 fully saturated rings. The zero-order valence-electron chi connectivity index (χ0n) is 15.0. The highest BCUT2D eigenvalue weighted by molar-refractivity contribution is 6.36. The molecule has 2 aromatic carbocycles. The number of ether oxygens (including phenoxy) is 1. The maximum Gasteiger partial charge on any atom is 0.119 e. The fraction of sp³-hybridized carbons (Fsp3) is 0.364. The van der Waals surface area contributed by atoms with Crippen LogP contribution in [0.1, 0.15) is 43.4 Å². The minimum atomic E-state index is 0.206. The first-order valence-electron chi connectivity index (χ1n) is 9.18. The molecule has 0 aromatic heterocycles. The highest BCUT2D eigenvalue weighted by Gasteiger charge is 2.39. The molecule has 2 nitrogen and oxygen atoms in total. The SMILES string of the molecule is CC(C)COc1ccc([C@@H]2Nc3c(Cl)ccc(Cl)c3[C@@H]3C=CC[C@@H]32)cc1. The lowest BCUT2D eigenvalue weighted by molar-refractivity contribution is 0.271. The van der Waals surface area contributed by atoms with Gasteiger partial charge in [-0.3, -0.25) is 0 Å².